The van der Waals surface area contributed by atoms with Gasteiger partial charge in [0.05, 0.1) is 16.7 Å². The Morgan fingerprint density at radius 2 is 1.96 bits per heavy atom. The minimum Gasteiger partial charge on any atom is -0.484 e. The number of allylic oxidation sites excluding steroid dienone is 2. The third kappa shape index (κ3) is 4.57. The quantitative estimate of drug-likeness (QED) is 0.566. The summed E-state index contributed by atoms with van der Waals surface area (Å²) in [6, 6.07) is 3.03. The van der Waals surface area contributed by atoms with E-state index in [0.29, 0.717) is 22.8 Å². The van der Waals surface area contributed by atoms with E-state index in [4.69, 9.17) is 4.74 Å². The van der Waals surface area contributed by atoms with Gasteiger partial charge in [0.25, 0.3) is 10.0 Å². The van der Waals surface area contributed by atoms with Crippen molar-refractivity contribution in [3.63, 3.8) is 0 Å². The second-order valence-corrected chi connectivity index (χ2v) is 8.13. The molecule has 2 heterocycles. The van der Waals surface area contributed by atoms with Crippen LogP contribution < -0.4 is 4.83 Å². The van der Waals surface area contributed by atoms with E-state index in [1.54, 1.807) is 12.2 Å². The molecule has 3 rings (SSSR count). The van der Waals surface area contributed by atoms with E-state index < -0.39 is 27.9 Å². The fourth-order valence-corrected chi connectivity index (χ4v) is 3.78. The average Bonchev–Trinajstić information content (AvgIpc) is 3.08. The Morgan fingerprint density at radius 3 is 2.57 bits per heavy atom. The molecule has 7 nitrogen and oxygen atoms in total. The smallest absolute Gasteiger partial charge is 0.416 e. The highest BCUT2D eigenvalue weighted by molar-refractivity contribution is 7.89. The molecule has 28 heavy (non-hydrogen) atoms. The first kappa shape index (κ1) is 20.0. The molecule has 0 saturated carbocycles. The number of halogens is 3. The van der Waals surface area contributed by atoms with Crippen molar-refractivity contribution in [2.45, 2.75) is 24.1 Å². The van der Waals surface area contributed by atoms with Gasteiger partial charge in [-0.2, -0.15) is 26.4 Å². The fraction of sp³-hybridized carbons (Fsp3) is 0.188. The molecule has 1 atom stereocenters. The number of hydrogen-bond acceptors (Lipinski definition) is 7. The number of nitrogens with zero attached hydrogens (tertiary/aromatic N) is 3. The Kier molecular flexibility index (Phi) is 5.52. The van der Waals surface area contributed by atoms with Gasteiger partial charge in [0.1, 0.15) is 10.7 Å². The number of hydrogen-bond donors (Lipinski definition) is 1. The zero-order valence-electron chi connectivity index (χ0n) is 14.2. The number of sulfonamides is 1. The molecule has 12 heteroatoms. The minimum absolute atomic E-state index is 0.312. The molecule has 0 amide bonds. The maximum atomic E-state index is 12.6. The van der Waals surface area contributed by atoms with E-state index in [0.717, 1.165) is 17.8 Å². The van der Waals surface area contributed by atoms with E-state index in [2.05, 4.69) is 15.3 Å². The molecular weight excluding hydrogens is 417 g/mol. The Hall–Kier alpha value is -2.73. The van der Waals surface area contributed by atoms with Gasteiger partial charge in [0.15, 0.2) is 6.10 Å². The van der Waals surface area contributed by atoms with Crippen molar-refractivity contribution in [3.05, 3.63) is 70.0 Å². The first-order chi connectivity index (χ1) is 13.2. The van der Waals surface area contributed by atoms with Crippen LogP contribution in [0, 0.1) is 6.92 Å². The lowest BCUT2D eigenvalue weighted by molar-refractivity contribution is -0.137. The lowest BCUT2D eigenvalue weighted by Crippen LogP contribution is -2.18. The van der Waals surface area contributed by atoms with Gasteiger partial charge in [0, 0.05) is 11.1 Å². The molecule has 0 spiro atoms. The average molecular weight is 430 g/mol. The van der Waals surface area contributed by atoms with E-state index in [-0.39, 0.29) is 4.90 Å². The molecule has 0 fully saturated rings. The van der Waals surface area contributed by atoms with Gasteiger partial charge in [-0.05, 0) is 43.3 Å². The largest absolute Gasteiger partial charge is 0.484 e. The number of nitrogens with one attached hydrogen (secondary N) is 1. The highest BCUT2D eigenvalue weighted by atomic mass is 32.2. The van der Waals surface area contributed by atoms with Crippen molar-refractivity contribution in [2.24, 2.45) is 10.3 Å². The van der Waals surface area contributed by atoms with Crippen LogP contribution in [0.15, 0.2) is 69.0 Å². The summed E-state index contributed by atoms with van der Waals surface area (Å²) in [5.41, 5.74) is 0.162. The molecule has 0 aliphatic carbocycles. The van der Waals surface area contributed by atoms with Crippen molar-refractivity contribution >= 4 is 21.4 Å². The molecule has 1 aliphatic heterocycles. The maximum Gasteiger partial charge on any atom is 0.416 e. The van der Waals surface area contributed by atoms with Crippen molar-refractivity contribution in [2.75, 3.05) is 0 Å². The Bertz CT molecular complexity index is 1040. The van der Waals surface area contributed by atoms with Crippen LogP contribution in [0.5, 0.6) is 0 Å². The van der Waals surface area contributed by atoms with Gasteiger partial charge >= 0.3 is 6.18 Å². The van der Waals surface area contributed by atoms with Crippen molar-refractivity contribution in [3.8, 4) is 0 Å². The molecule has 1 N–H and O–H groups in total. The van der Waals surface area contributed by atoms with Gasteiger partial charge in [-0.15, -0.1) is 16.5 Å². The van der Waals surface area contributed by atoms with Crippen LogP contribution in [0.2, 0.25) is 0 Å². The topological polar surface area (TPSA) is 93.0 Å². The van der Waals surface area contributed by atoms with E-state index in [1.165, 1.54) is 17.6 Å². The Labute approximate surface area is 162 Å². The van der Waals surface area contributed by atoms with Crippen molar-refractivity contribution in [1.29, 1.82) is 0 Å². The predicted molar refractivity (Wildman–Crippen MR) is 94.5 cm³/mol. The van der Waals surface area contributed by atoms with E-state index in [9.17, 15) is 21.6 Å². The predicted octanol–water partition coefficient (Wildman–Crippen LogP) is 4.28. The summed E-state index contributed by atoms with van der Waals surface area (Å²) < 4.78 is 67.5. The van der Waals surface area contributed by atoms with Crippen LogP contribution in [0.4, 0.5) is 13.2 Å². The number of rotatable bonds is 5. The molecule has 148 valence electrons. The van der Waals surface area contributed by atoms with Crippen LogP contribution >= 0.6 is 11.3 Å². The second kappa shape index (κ2) is 7.72. The monoisotopic (exact) mass is 430 g/mol. The van der Waals surface area contributed by atoms with E-state index in [1.807, 2.05) is 17.1 Å². The lowest BCUT2D eigenvalue weighted by atomic mass is 10.2. The lowest BCUT2D eigenvalue weighted by Gasteiger charge is -2.16. The van der Waals surface area contributed by atoms with Crippen LogP contribution in [-0.4, -0.2) is 13.4 Å². The highest BCUT2D eigenvalue weighted by Crippen LogP contribution is 2.32. The van der Waals surface area contributed by atoms with Crippen LogP contribution in [0.3, 0.4) is 0 Å². The highest BCUT2D eigenvalue weighted by Gasteiger charge is 2.30. The summed E-state index contributed by atoms with van der Waals surface area (Å²) >= 11 is 1.36. The molecule has 0 saturated heterocycles. The van der Waals surface area contributed by atoms with Gasteiger partial charge < -0.3 is 4.74 Å². The maximum absolute atomic E-state index is 12.6. The number of ether oxygens (including phenoxy) is 1. The summed E-state index contributed by atoms with van der Waals surface area (Å²) in [4.78, 5) is 5.80. The van der Waals surface area contributed by atoms with Gasteiger partial charge in [0.2, 0.25) is 0 Å². The summed E-state index contributed by atoms with van der Waals surface area (Å²) in [6.07, 6.45) is -0.592. The van der Waals surface area contributed by atoms with Crippen LogP contribution in [0.1, 0.15) is 22.4 Å². The minimum atomic E-state index is -4.56. The summed E-state index contributed by atoms with van der Waals surface area (Å²) in [5.74, 6) is 0. The van der Waals surface area contributed by atoms with Gasteiger partial charge in [-0.25, -0.2) is 4.98 Å². The number of aryl methyl sites for hydroxylation is 1. The zero-order chi connectivity index (χ0) is 20.4. The molecule has 2 aromatic rings. The third-order valence-electron chi connectivity index (χ3n) is 3.51. The Morgan fingerprint density at radius 1 is 1.25 bits per heavy atom. The van der Waals surface area contributed by atoms with Crippen LogP contribution in [0.25, 0.3) is 0 Å². The molecule has 1 unspecified atom stereocenters. The van der Waals surface area contributed by atoms with Gasteiger partial charge in [-0.1, -0.05) is 5.22 Å². The molecule has 1 aromatic heterocycles. The molecule has 1 aromatic carbocycles. The molecule has 0 radical (unpaired) electrons. The summed E-state index contributed by atoms with van der Waals surface area (Å²) in [7, 11) is -4.18. The summed E-state index contributed by atoms with van der Waals surface area (Å²) in [5, 5.41) is 9.74. The zero-order valence-corrected chi connectivity index (χ0v) is 15.8. The van der Waals surface area contributed by atoms with E-state index >= 15 is 0 Å². The first-order valence-electron chi connectivity index (χ1n) is 7.71. The van der Waals surface area contributed by atoms with Crippen molar-refractivity contribution < 1.29 is 26.3 Å². The molecule has 0 bridgehead atoms. The molecule has 1 aliphatic rings. The van der Waals surface area contributed by atoms with Crippen molar-refractivity contribution in [1.82, 2.24) is 9.82 Å². The number of thiazole rings is 1. The standard InChI is InChI=1S/C16H13F3N4O3S2/c1-10-9-27-15(20-10)14-13(3-2-8-26-14)21-22-23-28(24,25)12-6-4-11(5-7-12)16(17,18)19/h2-9,14H,1H3,(H,21,23). The number of alkyl halides is 3. The second-order valence-electron chi connectivity index (χ2n) is 5.58. The van der Waals surface area contributed by atoms with Gasteiger partial charge in [-0.3, -0.25) is 0 Å². The Balaban J connectivity index is 1.73. The SMILES string of the molecule is Cc1csc(C2OC=CC=C2N=NNS(=O)(=O)c2ccc(C(F)(F)F)cc2)n1. The third-order valence-corrected chi connectivity index (χ3v) is 5.73. The fourth-order valence-electron chi connectivity index (χ4n) is 2.19. The van der Waals surface area contributed by atoms with Crippen LogP contribution in [-0.2, 0) is 20.9 Å². The molecular formula is C16H13F3N4O3S2. The summed E-state index contributed by atoms with van der Waals surface area (Å²) in [6.45, 7) is 1.82. The first-order valence-corrected chi connectivity index (χ1v) is 10.1. The normalized spacial score (nSPS) is 17.4. The number of benzene rings is 1. The number of aromatic nitrogens is 1.